The van der Waals surface area contributed by atoms with Gasteiger partial charge in [0.05, 0.1) is 12.5 Å². The molecule has 2 aliphatic rings. The predicted molar refractivity (Wildman–Crippen MR) is 109 cm³/mol. The highest BCUT2D eigenvalue weighted by Gasteiger charge is 2.40. The van der Waals surface area contributed by atoms with Crippen molar-refractivity contribution in [2.75, 3.05) is 13.1 Å². The molecule has 0 aliphatic carbocycles. The molecule has 11 heteroatoms. The molecular weight excluding hydrogens is 408 g/mol. The molecule has 2 heterocycles. The number of nitrogens with zero attached hydrogens (tertiary/aromatic N) is 1. The van der Waals surface area contributed by atoms with E-state index >= 15 is 0 Å². The average Bonchev–Trinajstić information content (AvgIpc) is 3.41. The van der Waals surface area contributed by atoms with Gasteiger partial charge in [-0.05, 0) is 38.1 Å². The number of carboxylic acid groups (broad SMARTS) is 2. The summed E-state index contributed by atoms with van der Waals surface area (Å²) < 4.78 is 0. The molecule has 0 radical (unpaired) electrons. The fourth-order valence-corrected chi connectivity index (χ4v) is 3.97. The number of amides is 3. The Balaban J connectivity index is 2.11. The van der Waals surface area contributed by atoms with Gasteiger partial charge in [0.2, 0.25) is 17.7 Å². The topological polar surface area (TPSA) is 165 Å². The van der Waals surface area contributed by atoms with Gasteiger partial charge < -0.3 is 31.1 Å². The molecule has 5 N–H and O–H groups in total. The summed E-state index contributed by atoms with van der Waals surface area (Å²) in [5.41, 5.74) is 0. The molecule has 31 heavy (non-hydrogen) atoms. The van der Waals surface area contributed by atoms with Crippen LogP contribution in [0.2, 0.25) is 0 Å². The Bertz CT molecular complexity index is 708. The molecule has 0 bridgehead atoms. The Morgan fingerprint density at radius 2 is 1.77 bits per heavy atom. The maximum atomic E-state index is 13.3. The number of rotatable bonds is 10. The third-order valence-corrected chi connectivity index (χ3v) is 5.99. The molecule has 0 aromatic carbocycles. The van der Waals surface area contributed by atoms with Gasteiger partial charge in [0.25, 0.3) is 0 Å². The number of carbonyl (C=O) groups excluding carboxylic acids is 3. The van der Waals surface area contributed by atoms with Crippen LogP contribution >= 0.6 is 0 Å². The van der Waals surface area contributed by atoms with Crippen molar-refractivity contribution in [1.82, 2.24) is 20.9 Å². The summed E-state index contributed by atoms with van der Waals surface area (Å²) in [4.78, 5) is 62.1. The molecule has 3 amide bonds. The van der Waals surface area contributed by atoms with Gasteiger partial charge in [-0.3, -0.25) is 19.2 Å². The molecule has 174 valence electrons. The van der Waals surface area contributed by atoms with E-state index in [4.69, 9.17) is 5.11 Å². The fraction of sp³-hybridized carbons (Fsp3) is 0.750. The number of likely N-dealkylation sites (tertiary alicyclic amines) is 1. The Morgan fingerprint density at radius 1 is 1.06 bits per heavy atom. The number of hydrogen-bond acceptors (Lipinski definition) is 6. The van der Waals surface area contributed by atoms with Crippen LogP contribution in [0.15, 0.2) is 0 Å². The lowest BCUT2D eigenvalue weighted by Crippen LogP contribution is -2.58. The highest BCUT2D eigenvalue weighted by atomic mass is 16.4. The lowest BCUT2D eigenvalue weighted by Gasteiger charge is -2.32. The van der Waals surface area contributed by atoms with Gasteiger partial charge in [0.1, 0.15) is 18.1 Å². The first kappa shape index (κ1) is 24.6. The molecule has 5 atom stereocenters. The maximum absolute atomic E-state index is 13.3. The molecule has 11 nitrogen and oxygen atoms in total. The molecular formula is C20H32N4O7. The first-order chi connectivity index (χ1) is 14.6. The molecule has 0 spiro atoms. The van der Waals surface area contributed by atoms with Gasteiger partial charge in [-0.25, -0.2) is 4.79 Å². The number of carboxylic acids is 2. The van der Waals surface area contributed by atoms with Gasteiger partial charge in [-0.1, -0.05) is 20.3 Å². The highest BCUT2D eigenvalue weighted by Crippen LogP contribution is 2.22. The second-order valence-corrected chi connectivity index (χ2v) is 8.21. The first-order valence-corrected chi connectivity index (χ1v) is 10.7. The van der Waals surface area contributed by atoms with Gasteiger partial charge in [0.15, 0.2) is 0 Å². The van der Waals surface area contributed by atoms with Crippen LogP contribution in [-0.2, 0) is 24.0 Å². The third kappa shape index (κ3) is 6.39. The number of nitrogens with one attached hydrogen (secondary N) is 3. The molecule has 2 rings (SSSR count). The Labute approximate surface area is 180 Å². The fourth-order valence-electron chi connectivity index (χ4n) is 3.97. The van der Waals surface area contributed by atoms with Crippen LogP contribution in [0.5, 0.6) is 0 Å². The summed E-state index contributed by atoms with van der Waals surface area (Å²) in [7, 11) is 0. The molecule has 2 aliphatic heterocycles. The minimum atomic E-state index is -1.58. The van der Waals surface area contributed by atoms with E-state index in [0.29, 0.717) is 32.2 Å². The Kier molecular flexibility index (Phi) is 8.78. The zero-order valence-electron chi connectivity index (χ0n) is 17.9. The first-order valence-electron chi connectivity index (χ1n) is 10.7. The number of carbonyl (C=O) groups is 5. The maximum Gasteiger partial charge on any atom is 0.326 e. The molecule has 0 aromatic rings. The van der Waals surface area contributed by atoms with Crippen LogP contribution in [0.4, 0.5) is 0 Å². The van der Waals surface area contributed by atoms with E-state index in [2.05, 4.69) is 16.0 Å². The Morgan fingerprint density at radius 3 is 2.32 bits per heavy atom. The number of aliphatic carboxylic acids is 2. The third-order valence-electron chi connectivity index (χ3n) is 5.99. The summed E-state index contributed by atoms with van der Waals surface area (Å²) in [6.07, 6.45) is 2.34. The zero-order chi connectivity index (χ0) is 23.1. The smallest absolute Gasteiger partial charge is 0.326 e. The molecule has 2 saturated heterocycles. The van der Waals surface area contributed by atoms with Gasteiger partial charge in [-0.15, -0.1) is 0 Å². The summed E-state index contributed by atoms with van der Waals surface area (Å²) >= 11 is 0. The van der Waals surface area contributed by atoms with Crippen LogP contribution in [0, 0.1) is 5.92 Å². The molecule has 0 saturated carbocycles. The van der Waals surface area contributed by atoms with Gasteiger partial charge in [0, 0.05) is 6.54 Å². The van der Waals surface area contributed by atoms with Crippen molar-refractivity contribution < 1.29 is 34.2 Å². The lowest BCUT2D eigenvalue weighted by atomic mass is 9.96. The van der Waals surface area contributed by atoms with Crippen molar-refractivity contribution in [3.8, 4) is 0 Å². The molecule has 5 unspecified atom stereocenters. The second-order valence-electron chi connectivity index (χ2n) is 8.21. The van der Waals surface area contributed by atoms with E-state index in [0.717, 1.165) is 13.0 Å². The van der Waals surface area contributed by atoms with E-state index in [-0.39, 0.29) is 23.8 Å². The summed E-state index contributed by atoms with van der Waals surface area (Å²) in [6.45, 7) is 4.80. The summed E-state index contributed by atoms with van der Waals surface area (Å²) in [5.74, 6) is -4.31. The zero-order valence-corrected chi connectivity index (χ0v) is 17.9. The van der Waals surface area contributed by atoms with Crippen molar-refractivity contribution in [2.45, 2.75) is 76.5 Å². The minimum Gasteiger partial charge on any atom is -0.481 e. The lowest BCUT2D eigenvalue weighted by molar-refractivity contribution is -0.148. The second kappa shape index (κ2) is 11.1. The van der Waals surface area contributed by atoms with Crippen LogP contribution < -0.4 is 16.0 Å². The van der Waals surface area contributed by atoms with Crippen molar-refractivity contribution in [2.24, 2.45) is 5.92 Å². The number of hydrogen-bond donors (Lipinski definition) is 5. The van der Waals surface area contributed by atoms with E-state index in [9.17, 15) is 29.1 Å². The van der Waals surface area contributed by atoms with Crippen molar-refractivity contribution in [3.63, 3.8) is 0 Å². The van der Waals surface area contributed by atoms with Crippen LogP contribution in [0.3, 0.4) is 0 Å². The largest absolute Gasteiger partial charge is 0.481 e. The molecule has 0 aromatic heterocycles. The SMILES string of the molecule is CCC(C)C(NC(=O)C1CCCN1)C(=O)N1CCCC1C(=O)NC(CC(=O)O)C(=O)O. The van der Waals surface area contributed by atoms with Crippen LogP contribution in [-0.4, -0.2) is 82.0 Å². The Hall–Kier alpha value is -2.69. The summed E-state index contributed by atoms with van der Waals surface area (Å²) in [6, 6.07) is -3.63. The standard InChI is InChI=1S/C20H32N4O7/c1-3-11(2)16(23-17(27)12-6-4-8-21-12)19(29)24-9-5-7-14(24)18(28)22-13(20(30)31)10-15(25)26/h11-14,16,21H,3-10H2,1-2H3,(H,22,28)(H,23,27)(H,25,26)(H,30,31). The predicted octanol–water partition coefficient (Wildman–Crippen LogP) is -0.696. The highest BCUT2D eigenvalue weighted by molar-refractivity contribution is 5.95. The van der Waals surface area contributed by atoms with Crippen LogP contribution in [0.1, 0.15) is 52.4 Å². The van der Waals surface area contributed by atoms with E-state index in [1.54, 1.807) is 0 Å². The quantitative estimate of drug-likeness (QED) is 0.298. The summed E-state index contributed by atoms with van der Waals surface area (Å²) in [5, 5.41) is 26.2. The van der Waals surface area contributed by atoms with Crippen molar-refractivity contribution >= 4 is 29.7 Å². The van der Waals surface area contributed by atoms with Gasteiger partial charge in [-0.2, -0.15) is 0 Å². The normalized spacial score (nSPS) is 23.6. The van der Waals surface area contributed by atoms with Crippen molar-refractivity contribution in [3.05, 3.63) is 0 Å². The van der Waals surface area contributed by atoms with E-state index in [1.807, 2.05) is 13.8 Å². The van der Waals surface area contributed by atoms with E-state index in [1.165, 1.54) is 4.90 Å². The average molecular weight is 440 g/mol. The van der Waals surface area contributed by atoms with Crippen LogP contribution in [0.25, 0.3) is 0 Å². The van der Waals surface area contributed by atoms with Gasteiger partial charge >= 0.3 is 11.9 Å². The monoisotopic (exact) mass is 440 g/mol. The van der Waals surface area contributed by atoms with E-state index < -0.39 is 42.4 Å². The minimum absolute atomic E-state index is 0.166. The molecule has 2 fully saturated rings. The van der Waals surface area contributed by atoms with Crippen molar-refractivity contribution in [1.29, 1.82) is 0 Å².